The van der Waals surface area contributed by atoms with Crippen LogP contribution in [0.1, 0.15) is 31.5 Å². The standard InChI is InChI=1S/C13H22N6O2/c1-19(7-12-15-17-18-16-12)10-3-2-8-6-14-11(13(20)21)5-9(8)4-10/h8-11,14H,2-7H2,1H3,(H,20,21)(H,15,16,17,18)/t8-,9+,10-,11-/m0/s1. The van der Waals surface area contributed by atoms with Gasteiger partial charge in [-0.2, -0.15) is 5.21 Å². The molecule has 4 atom stereocenters. The van der Waals surface area contributed by atoms with E-state index < -0.39 is 5.97 Å². The molecular weight excluding hydrogens is 272 g/mol. The quantitative estimate of drug-likeness (QED) is 0.709. The molecule has 1 saturated heterocycles. The Bertz CT molecular complexity index is 479. The van der Waals surface area contributed by atoms with Gasteiger partial charge < -0.3 is 10.4 Å². The molecule has 2 fully saturated rings. The third-order valence-corrected chi connectivity index (χ3v) is 4.98. The molecule has 1 aromatic rings. The van der Waals surface area contributed by atoms with E-state index in [4.69, 9.17) is 0 Å². The van der Waals surface area contributed by atoms with E-state index in [1.807, 2.05) is 0 Å². The Labute approximate surface area is 123 Å². The van der Waals surface area contributed by atoms with Crippen LogP contribution in [-0.4, -0.2) is 62.3 Å². The van der Waals surface area contributed by atoms with Crippen molar-refractivity contribution in [2.24, 2.45) is 11.8 Å². The number of hydrogen-bond acceptors (Lipinski definition) is 6. The van der Waals surface area contributed by atoms with E-state index in [9.17, 15) is 9.90 Å². The average Bonchev–Trinajstić information content (AvgIpc) is 2.98. The maximum absolute atomic E-state index is 11.2. The number of hydrogen-bond donors (Lipinski definition) is 3. The molecule has 0 amide bonds. The SMILES string of the molecule is CN(Cc1nn[nH]n1)[C@H]1CC[C@H]2CN[C@H](C(=O)O)C[C@H]2C1. The maximum Gasteiger partial charge on any atom is 0.320 e. The smallest absolute Gasteiger partial charge is 0.320 e. The number of fused-ring (bicyclic) bond motifs is 1. The highest BCUT2D eigenvalue weighted by Crippen LogP contribution is 2.37. The van der Waals surface area contributed by atoms with Crippen LogP contribution < -0.4 is 5.32 Å². The lowest BCUT2D eigenvalue weighted by atomic mass is 9.71. The van der Waals surface area contributed by atoms with Crippen molar-refractivity contribution in [2.75, 3.05) is 13.6 Å². The minimum atomic E-state index is -0.726. The Morgan fingerprint density at radius 3 is 2.95 bits per heavy atom. The number of H-pyrrole nitrogens is 1. The minimum Gasteiger partial charge on any atom is -0.480 e. The minimum absolute atomic E-state index is 0.382. The summed E-state index contributed by atoms with van der Waals surface area (Å²) in [6.45, 7) is 1.52. The summed E-state index contributed by atoms with van der Waals surface area (Å²) in [7, 11) is 2.08. The largest absolute Gasteiger partial charge is 0.480 e. The van der Waals surface area contributed by atoms with Gasteiger partial charge in [0.1, 0.15) is 6.04 Å². The number of carboxylic acid groups (broad SMARTS) is 1. The number of carbonyl (C=O) groups is 1. The Morgan fingerprint density at radius 2 is 2.24 bits per heavy atom. The molecular formula is C13H22N6O2. The lowest BCUT2D eigenvalue weighted by Crippen LogP contribution is -2.51. The third-order valence-electron chi connectivity index (χ3n) is 4.98. The molecule has 3 rings (SSSR count). The number of carboxylic acids is 1. The summed E-state index contributed by atoms with van der Waals surface area (Å²) in [6.07, 6.45) is 4.11. The monoisotopic (exact) mass is 294 g/mol. The van der Waals surface area contributed by atoms with Crippen LogP contribution in [0.2, 0.25) is 0 Å². The molecule has 2 heterocycles. The van der Waals surface area contributed by atoms with Crippen LogP contribution in [0.15, 0.2) is 0 Å². The zero-order valence-electron chi connectivity index (χ0n) is 12.2. The summed E-state index contributed by atoms with van der Waals surface area (Å²) < 4.78 is 0. The van der Waals surface area contributed by atoms with E-state index in [0.717, 1.165) is 32.2 Å². The van der Waals surface area contributed by atoms with Gasteiger partial charge in [0.2, 0.25) is 0 Å². The van der Waals surface area contributed by atoms with Gasteiger partial charge in [0.05, 0.1) is 6.54 Å². The lowest BCUT2D eigenvalue weighted by molar-refractivity contribution is -0.141. The molecule has 1 saturated carbocycles. The van der Waals surface area contributed by atoms with Gasteiger partial charge >= 0.3 is 5.97 Å². The summed E-state index contributed by atoms with van der Waals surface area (Å²) in [6, 6.07) is 0.0878. The van der Waals surface area contributed by atoms with E-state index in [1.54, 1.807) is 0 Å². The van der Waals surface area contributed by atoms with Crippen LogP contribution in [0.25, 0.3) is 0 Å². The van der Waals surface area contributed by atoms with Crippen molar-refractivity contribution in [3.63, 3.8) is 0 Å². The van der Waals surface area contributed by atoms with Gasteiger partial charge in [-0.3, -0.25) is 9.69 Å². The number of piperidine rings is 1. The van der Waals surface area contributed by atoms with E-state index in [-0.39, 0.29) is 6.04 Å². The molecule has 0 radical (unpaired) electrons. The van der Waals surface area contributed by atoms with Crippen LogP contribution in [0, 0.1) is 11.8 Å². The molecule has 116 valence electrons. The molecule has 3 N–H and O–H groups in total. The van der Waals surface area contributed by atoms with Crippen molar-refractivity contribution in [3.05, 3.63) is 5.82 Å². The fourth-order valence-electron chi connectivity index (χ4n) is 3.73. The van der Waals surface area contributed by atoms with Crippen molar-refractivity contribution in [2.45, 2.75) is 44.3 Å². The van der Waals surface area contributed by atoms with Crippen molar-refractivity contribution in [1.29, 1.82) is 0 Å². The first-order valence-electron chi connectivity index (χ1n) is 7.52. The molecule has 0 unspecified atom stereocenters. The van der Waals surface area contributed by atoms with Crippen molar-refractivity contribution in [3.8, 4) is 0 Å². The van der Waals surface area contributed by atoms with Crippen LogP contribution in [0.4, 0.5) is 0 Å². The van der Waals surface area contributed by atoms with E-state index >= 15 is 0 Å². The maximum atomic E-state index is 11.2. The van der Waals surface area contributed by atoms with Crippen molar-refractivity contribution >= 4 is 5.97 Å². The second-order valence-electron chi connectivity index (χ2n) is 6.26. The number of aliphatic carboxylic acids is 1. The van der Waals surface area contributed by atoms with Gasteiger partial charge in [-0.25, -0.2) is 0 Å². The number of rotatable bonds is 4. The van der Waals surface area contributed by atoms with Crippen LogP contribution in [-0.2, 0) is 11.3 Å². The predicted molar refractivity (Wildman–Crippen MR) is 74.3 cm³/mol. The average molecular weight is 294 g/mol. The highest BCUT2D eigenvalue weighted by atomic mass is 16.4. The zero-order valence-corrected chi connectivity index (χ0v) is 12.2. The van der Waals surface area contributed by atoms with Crippen molar-refractivity contribution in [1.82, 2.24) is 30.8 Å². The first kappa shape index (κ1) is 14.4. The molecule has 1 aliphatic carbocycles. The molecule has 2 aliphatic rings. The van der Waals surface area contributed by atoms with Crippen LogP contribution in [0.5, 0.6) is 0 Å². The first-order valence-corrected chi connectivity index (χ1v) is 7.52. The molecule has 21 heavy (non-hydrogen) atoms. The summed E-state index contributed by atoms with van der Waals surface area (Å²) in [4.78, 5) is 13.4. The topological polar surface area (TPSA) is 107 Å². The van der Waals surface area contributed by atoms with Gasteiger partial charge in [-0.1, -0.05) is 5.21 Å². The summed E-state index contributed by atoms with van der Waals surface area (Å²) in [5.41, 5.74) is 0. The summed E-state index contributed by atoms with van der Waals surface area (Å²) in [5.74, 6) is 1.10. The highest BCUT2D eigenvalue weighted by Gasteiger charge is 2.38. The summed E-state index contributed by atoms with van der Waals surface area (Å²) in [5, 5.41) is 26.4. The predicted octanol–water partition coefficient (Wildman–Crippen LogP) is -0.137. The molecule has 0 spiro atoms. The molecule has 0 aromatic carbocycles. The number of aromatic nitrogens is 4. The van der Waals surface area contributed by atoms with Gasteiger partial charge in [0, 0.05) is 6.04 Å². The van der Waals surface area contributed by atoms with Crippen LogP contribution >= 0.6 is 0 Å². The Balaban J connectivity index is 1.58. The first-order chi connectivity index (χ1) is 10.1. The third kappa shape index (κ3) is 3.21. The molecule has 8 heteroatoms. The number of aromatic amines is 1. The Kier molecular flexibility index (Phi) is 4.16. The number of tetrazole rings is 1. The second-order valence-corrected chi connectivity index (χ2v) is 6.26. The second kappa shape index (κ2) is 6.07. The fraction of sp³-hybridized carbons (Fsp3) is 0.846. The highest BCUT2D eigenvalue weighted by molar-refractivity contribution is 5.73. The molecule has 8 nitrogen and oxygen atoms in total. The molecule has 1 aliphatic heterocycles. The number of nitrogens with one attached hydrogen (secondary N) is 2. The van der Waals surface area contributed by atoms with Gasteiger partial charge in [0.25, 0.3) is 0 Å². The van der Waals surface area contributed by atoms with E-state index in [1.165, 1.54) is 0 Å². The number of nitrogens with zero attached hydrogens (tertiary/aromatic N) is 4. The normalized spacial score (nSPS) is 32.9. The fourth-order valence-corrected chi connectivity index (χ4v) is 3.73. The van der Waals surface area contributed by atoms with E-state index in [0.29, 0.717) is 30.2 Å². The van der Waals surface area contributed by atoms with Gasteiger partial charge in [0.15, 0.2) is 5.82 Å². The zero-order chi connectivity index (χ0) is 14.8. The van der Waals surface area contributed by atoms with Crippen molar-refractivity contribution < 1.29 is 9.90 Å². The van der Waals surface area contributed by atoms with Crippen LogP contribution in [0.3, 0.4) is 0 Å². The Morgan fingerprint density at radius 1 is 1.38 bits per heavy atom. The Hall–Kier alpha value is -1.54. The summed E-state index contributed by atoms with van der Waals surface area (Å²) >= 11 is 0. The lowest BCUT2D eigenvalue weighted by Gasteiger charge is -2.43. The molecule has 0 bridgehead atoms. The molecule has 1 aromatic heterocycles. The van der Waals surface area contributed by atoms with E-state index in [2.05, 4.69) is 37.9 Å². The van der Waals surface area contributed by atoms with Gasteiger partial charge in [-0.15, -0.1) is 10.2 Å². The van der Waals surface area contributed by atoms with Gasteiger partial charge in [-0.05, 0) is 51.1 Å².